The van der Waals surface area contributed by atoms with E-state index >= 15 is 0 Å². The molecule has 4 rings (SSSR count). The third-order valence-electron chi connectivity index (χ3n) is 4.33. The first-order valence-corrected chi connectivity index (χ1v) is 7.78. The molecule has 0 saturated heterocycles. The van der Waals surface area contributed by atoms with Gasteiger partial charge in [0.25, 0.3) is 0 Å². The highest BCUT2D eigenvalue weighted by Gasteiger charge is 2.09. The first kappa shape index (κ1) is 13.3. The second kappa shape index (κ2) is 5.43. The first-order chi connectivity index (χ1) is 10.9. The Kier molecular flexibility index (Phi) is 3.28. The molecule has 0 atom stereocenters. The van der Waals surface area contributed by atoms with Gasteiger partial charge in [0.15, 0.2) is 0 Å². The molecule has 0 heterocycles. The molecule has 0 aliphatic carbocycles. The van der Waals surface area contributed by atoms with Crippen LogP contribution in [0.2, 0.25) is 0 Å². The quantitative estimate of drug-likeness (QED) is 0.347. The van der Waals surface area contributed by atoms with Crippen LogP contribution in [0.4, 0.5) is 0 Å². The number of hydrogen-bond acceptors (Lipinski definition) is 1. The van der Waals surface area contributed by atoms with Gasteiger partial charge in [-0.15, -0.1) is 0 Å². The normalized spacial score (nSPS) is 11.5. The molecule has 0 spiro atoms. The molecule has 0 amide bonds. The predicted octanol–water partition coefficient (Wildman–Crippen LogP) is 5.68. The molecule has 22 heavy (non-hydrogen) atoms. The fraction of sp³-hybridized carbons (Fsp3) is 0.143. The highest BCUT2D eigenvalue weighted by molar-refractivity contribution is 6.14. The van der Waals surface area contributed by atoms with Gasteiger partial charge in [0, 0.05) is 6.61 Å². The number of rotatable bonds is 3. The summed E-state index contributed by atoms with van der Waals surface area (Å²) in [6, 6.07) is 23.9. The minimum absolute atomic E-state index is 0.659. The van der Waals surface area contributed by atoms with Crippen molar-refractivity contribution in [1.82, 2.24) is 0 Å². The lowest BCUT2D eigenvalue weighted by molar-refractivity contribution is 0.136. The third kappa shape index (κ3) is 2.06. The molecule has 0 unspecified atom stereocenters. The van der Waals surface area contributed by atoms with Gasteiger partial charge in [-0.05, 0) is 50.9 Å². The van der Waals surface area contributed by atoms with Crippen LogP contribution in [-0.4, -0.2) is 6.61 Å². The minimum Gasteiger partial charge on any atom is -0.377 e. The lowest BCUT2D eigenvalue weighted by atomic mass is 9.94. The molecule has 0 fully saturated rings. The zero-order valence-corrected chi connectivity index (χ0v) is 12.7. The van der Waals surface area contributed by atoms with Crippen molar-refractivity contribution < 1.29 is 4.74 Å². The van der Waals surface area contributed by atoms with Crippen LogP contribution in [0.3, 0.4) is 0 Å². The summed E-state index contributed by atoms with van der Waals surface area (Å²) in [5, 5.41) is 7.77. The molecule has 0 aliphatic heterocycles. The Morgan fingerprint density at radius 1 is 0.682 bits per heavy atom. The van der Waals surface area contributed by atoms with Gasteiger partial charge in [0.1, 0.15) is 0 Å². The fourth-order valence-electron chi connectivity index (χ4n) is 3.27. The number of benzene rings is 4. The fourth-order valence-corrected chi connectivity index (χ4v) is 3.27. The van der Waals surface area contributed by atoms with E-state index in [2.05, 4.69) is 66.7 Å². The summed E-state index contributed by atoms with van der Waals surface area (Å²) in [7, 11) is 0. The van der Waals surface area contributed by atoms with Crippen molar-refractivity contribution in [3.8, 4) is 0 Å². The molecule has 1 nitrogen and oxygen atoms in total. The van der Waals surface area contributed by atoms with Crippen LogP contribution in [0.25, 0.3) is 32.3 Å². The summed E-state index contributed by atoms with van der Waals surface area (Å²) < 4.78 is 5.75. The van der Waals surface area contributed by atoms with E-state index < -0.39 is 0 Å². The molecule has 0 saturated carbocycles. The largest absolute Gasteiger partial charge is 0.377 e. The van der Waals surface area contributed by atoms with E-state index in [1.54, 1.807) is 0 Å². The Bertz CT molecular complexity index is 969. The number of ether oxygens (including phenoxy) is 1. The third-order valence-corrected chi connectivity index (χ3v) is 4.33. The van der Waals surface area contributed by atoms with Crippen molar-refractivity contribution >= 4 is 32.3 Å². The van der Waals surface area contributed by atoms with Gasteiger partial charge in [0.2, 0.25) is 0 Å². The van der Waals surface area contributed by atoms with E-state index in [1.807, 2.05) is 6.92 Å². The standard InChI is InChI=1S/C21H18O/c1-2-22-14-21-18-10-6-4-8-16(18)13-20-17-9-5-3-7-15(17)11-12-19(20)21/h3-13H,2,14H2,1H3. The summed E-state index contributed by atoms with van der Waals surface area (Å²) in [5.41, 5.74) is 1.29. The monoisotopic (exact) mass is 286 g/mol. The second-order valence-corrected chi connectivity index (χ2v) is 5.60. The van der Waals surface area contributed by atoms with Crippen molar-refractivity contribution in [1.29, 1.82) is 0 Å². The number of hydrogen-bond donors (Lipinski definition) is 0. The second-order valence-electron chi connectivity index (χ2n) is 5.60. The minimum atomic E-state index is 0.659. The highest BCUT2D eigenvalue weighted by atomic mass is 16.5. The number of fused-ring (bicyclic) bond motifs is 4. The SMILES string of the molecule is CCOCc1c2ccccc2cc2c1ccc1ccccc12. The van der Waals surface area contributed by atoms with Crippen LogP contribution < -0.4 is 0 Å². The summed E-state index contributed by atoms with van der Waals surface area (Å²) in [6.07, 6.45) is 0. The van der Waals surface area contributed by atoms with Gasteiger partial charge in [-0.3, -0.25) is 0 Å². The molecular formula is C21H18O. The predicted molar refractivity (Wildman–Crippen MR) is 94.3 cm³/mol. The van der Waals surface area contributed by atoms with Crippen molar-refractivity contribution in [2.75, 3.05) is 6.61 Å². The molecule has 0 aromatic heterocycles. The van der Waals surface area contributed by atoms with Crippen molar-refractivity contribution in [2.24, 2.45) is 0 Å². The first-order valence-electron chi connectivity index (χ1n) is 7.78. The molecule has 1 heteroatoms. The van der Waals surface area contributed by atoms with Gasteiger partial charge in [0.05, 0.1) is 6.61 Å². The van der Waals surface area contributed by atoms with Crippen molar-refractivity contribution in [2.45, 2.75) is 13.5 Å². The Labute approximate surface area is 130 Å². The maximum atomic E-state index is 5.75. The lowest BCUT2D eigenvalue weighted by Gasteiger charge is -2.13. The molecule has 4 aromatic carbocycles. The van der Waals surface area contributed by atoms with E-state index in [4.69, 9.17) is 4.74 Å². The summed E-state index contributed by atoms with van der Waals surface area (Å²) in [6.45, 7) is 3.44. The van der Waals surface area contributed by atoms with Crippen molar-refractivity contribution in [3.05, 3.63) is 72.3 Å². The molecule has 0 bridgehead atoms. The lowest BCUT2D eigenvalue weighted by Crippen LogP contribution is -1.95. The van der Waals surface area contributed by atoms with E-state index in [-0.39, 0.29) is 0 Å². The molecule has 108 valence electrons. The van der Waals surface area contributed by atoms with Gasteiger partial charge in [-0.2, -0.15) is 0 Å². The zero-order chi connectivity index (χ0) is 14.9. The van der Waals surface area contributed by atoms with E-state index in [0.29, 0.717) is 6.61 Å². The average molecular weight is 286 g/mol. The maximum Gasteiger partial charge on any atom is 0.0728 e. The molecule has 0 radical (unpaired) electrons. The Balaban J connectivity index is 2.15. The van der Waals surface area contributed by atoms with Crippen LogP contribution in [0.1, 0.15) is 12.5 Å². The maximum absolute atomic E-state index is 5.75. The summed E-state index contributed by atoms with van der Waals surface area (Å²) >= 11 is 0. The zero-order valence-electron chi connectivity index (χ0n) is 12.7. The smallest absolute Gasteiger partial charge is 0.0728 e. The van der Waals surface area contributed by atoms with Gasteiger partial charge in [-0.1, -0.05) is 60.7 Å². The molecule has 0 N–H and O–H groups in total. The summed E-state index contributed by atoms with van der Waals surface area (Å²) in [5.74, 6) is 0. The summed E-state index contributed by atoms with van der Waals surface area (Å²) in [4.78, 5) is 0. The Morgan fingerprint density at radius 2 is 1.41 bits per heavy atom. The Hall–Kier alpha value is -2.38. The highest BCUT2D eigenvalue weighted by Crippen LogP contribution is 2.33. The van der Waals surface area contributed by atoms with E-state index in [9.17, 15) is 0 Å². The van der Waals surface area contributed by atoms with Crippen LogP contribution >= 0.6 is 0 Å². The molecule has 4 aromatic rings. The van der Waals surface area contributed by atoms with E-state index in [1.165, 1.54) is 37.9 Å². The molecular weight excluding hydrogens is 268 g/mol. The van der Waals surface area contributed by atoms with Crippen LogP contribution in [0, 0.1) is 0 Å². The van der Waals surface area contributed by atoms with Gasteiger partial charge in [-0.25, -0.2) is 0 Å². The average Bonchev–Trinajstić information content (AvgIpc) is 2.58. The topological polar surface area (TPSA) is 9.23 Å². The Morgan fingerprint density at radius 3 is 2.23 bits per heavy atom. The van der Waals surface area contributed by atoms with Crippen LogP contribution in [0.15, 0.2) is 66.7 Å². The van der Waals surface area contributed by atoms with Gasteiger partial charge < -0.3 is 4.74 Å². The van der Waals surface area contributed by atoms with Gasteiger partial charge >= 0.3 is 0 Å². The van der Waals surface area contributed by atoms with Crippen LogP contribution in [-0.2, 0) is 11.3 Å². The van der Waals surface area contributed by atoms with Crippen LogP contribution in [0.5, 0.6) is 0 Å². The van der Waals surface area contributed by atoms with Crippen molar-refractivity contribution in [3.63, 3.8) is 0 Å². The van der Waals surface area contributed by atoms with E-state index in [0.717, 1.165) is 6.61 Å². The molecule has 0 aliphatic rings.